The molecule has 1 saturated heterocycles. The fourth-order valence-electron chi connectivity index (χ4n) is 3.91. The molecule has 188 valence electrons. The Kier molecular flexibility index (Phi) is 7.60. The molecule has 0 aliphatic carbocycles. The first kappa shape index (κ1) is 25.4. The van der Waals surface area contributed by atoms with Crippen molar-refractivity contribution in [2.75, 3.05) is 36.4 Å². The molecule has 3 aromatic rings. The Balaban J connectivity index is 1.49. The van der Waals surface area contributed by atoms with Gasteiger partial charge in [0.25, 0.3) is 0 Å². The number of rotatable bonds is 8. The predicted octanol–water partition coefficient (Wildman–Crippen LogP) is 3.91. The average Bonchev–Trinajstić information content (AvgIpc) is 3.28. The van der Waals surface area contributed by atoms with Crippen molar-refractivity contribution >= 4 is 38.0 Å². The number of nitrogens with one attached hydrogen (secondary N) is 1. The Morgan fingerprint density at radius 1 is 1.09 bits per heavy atom. The Morgan fingerprint density at radius 2 is 1.83 bits per heavy atom. The van der Waals surface area contributed by atoms with Crippen LogP contribution in [0, 0.1) is 0 Å². The number of primary sulfonamides is 1. The van der Waals surface area contributed by atoms with Gasteiger partial charge in [-0.15, -0.1) is 11.3 Å². The van der Waals surface area contributed by atoms with Gasteiger partial charge in [-0.25, -0.2) is 23.5 Å². The predicted molar refractivity (Wildman–Crippen MR) is 141 cm³/mol. The number of anilines is 3. The summed E-state index contributed by atoms with van der Waals surface area (Å²) in [7, 11) is -3.85. The highest BCUT2D eigenvalue weighted by atomic mass is 32.2. The molecule has 0 bridgehead atoms. The van der Waals surface area contributed by atoms with Gasteiger partial charge in [0.15, 0.2) is 5.13 Å². The van der Waals surface area contributed by atoms with Gasteiger partial charge in [-0.2, -0.15) is 0 Å². The maximum atomic E-state index is 11.8. The zero-order valence-corrected chi connectivity index (χ0v) is 22.1. The maximum absolute atomic E-state index is 11.8. The molecule has 1 aliphatic heterocycles. The largest absolute Gasteiger partial charge is 0.489 e. The van der Waals surface area contributed by atoms with Crippen molar-refractivity contribution in [3.63, 3.8) is 0 Å². The summed E-state index contributed by atoms with van der Waals surface area (Å²) in [4.78, 5) is 14.1. The van der Waals surface area contributed by atoms with E-state index in [-0.39, 0.29) is 11.0 Å². The monoisotopic (exact) mass is 516 g/mol. The molecule has 4 rings (SSSR count). The topological polar surface area (TPSA) is 114 Å². The summed E-state index contributed by atoms with van der Waals surface area (Å²) in [6.07, 6.45) is 1.76. The number of nitrogens with zero attached hydrogens (tertiary/aromatic N) is 4. The third kappa shape index (κ3) is 6.29. The van der Waals surface area contributed by atoms with Crippen LogP contribution in [0.2, 0.25) is 0 Å². The van der Waals surface area contributed by atoms with Crippen molar-refractivity contribution < 1.29 is 13.2 Å². The average molecular weight is 517 g/mol. The highest BCUT2D eigenvalue weighted by Crippen LogP contribution is 2.34. The van der Waals surface area contributed by atoms with Crippen LogP contribution in [0.3, 0.4) is 0 Å². The van der Waals surface area contributed by atoms with E-state index >= 15 is 0 Å². The van der Waals surface area contributed by atoms with E-state index < -0.39 is 10.0 Å². The van der Waals surface area contributed by atoms with Gasteiger partial charge < -0.3 is 15.0 Å². The minimum absolute atomic E-state index is 0.00176. The lowest BCUT2D eigenvalue weighted by Crippen LogP contribution is -2.49. The second-order valence-corrected chi connectivity index (χ2v) is 11.5. The quantitative estimate of drug-likeness (QED) is 0.463. The lowest BCUT2D eigenvalue weighted by atomic mass is 10.2. The van der Waals surface area contributed by atoms with Gasteiger partial charge in [0.2, 0.25) is 10.0 Å². The van der Waals surface area contributed by atoms with Crippen LogP contribution in [0.5, 0.6) is 5.75 Å². The Morgan fingerprint density at radius 3 is 2.43 bits per heavy atom. The third-order valence-electron chi connectivity index (χ3n) is 5.80. The second kappa shape index (κ2) is 10.5. The third-order valence-corrected chi connectivity index (χ3v) is 7.47. The van der Waals surface area contributed by atoms with E-state index in [0.717, 1.165) is 43.3 Å². The molecule has 35 heavy (non-hydrogen) atoms. The number of hydrogen-bond donors (Lipinski definition) is 2. The first-order valence-corrected chi connectivity index (χ1v) is 14.0. The van der Waals surface area contributed by atoms with E-state index in [4.69, 9.17) is 9.88 Å². The highest BCUT2D eigenvalue weighted by molar-refractivity contribution is 7.89. The lowest BCUT2D eigenvalue weighted by molar-refractivity contribution is 0.209. The van der Waals surface area contributed by atoms with Crippen LogP contribution >= 0.6 is 11.3 Å². The van der Waals surface area contributed by atoms with Crippen LogP contribution in [0.1, 0.15) is 27.7 Å². The summed E-state index contributed by atoms with van der Waals surface area (Å²) in [6, 6.07) is 9.13. The van der Waals surface area contributed by atoms with Crippen molar-refractivity contribution in [2.24, 2.45) is 5.14 Å². The maximum Gasteiger partial charge on any atom is 0.238 e. The van der Waals surface area contributed by atoms with E-state index in [0.29, 0.717) is 22.6 Å². The molecule has 3 heterocycles. The van der Waals surface area contributed by atoms with Crippen molar-refractivity contribution in [1.29, 1.82) is 0 Å². The number of nitrogens with two attached hydrogens (primary N) is 1. The number of hydrogen-bond acceptors (Lipinski definition) is 9. The second-order valence-electron chi connectivity index (χ2n) is 9.05. The number of ether oxygens (including phenoxy) is 1. The van der Waals surface area contributed by atoms with E-state index in [9.17, 15) is 8.42 Å². The molecule has 0 spiro atoms. The number of benzene rings is 1. The molecule has 0 radical (unpaired) electrons. The molecule has 9 nitrogen and oxygen atoms in total. The number of aromatic nitrogens is 2. The summed E-state index contributed by atoms with van der Waals surface area (Å²) < 4.78 is 29.5. The van der Waals surface area contributed by atoms with Crippen molar-refractivity contribution in [2.45, 2.75) is 44.7 Å². The first-order chi connectivity index (χ1) is 16.6. The Hall–Kier alpha value is -2.73. The summed E-state index contributed by atoms with van der Waals surface area (Å²) in [6.45, 7) is 12.3. The number of sulfonamides is 1. The summed E-state index contributed by atoms with van der Waals surface area (Å²) in [5.41, 5.74) is 2.19. The molecule has 0 atom stereocenters. The van der Waals surface area contributed by atoms with Crippen LogP contribution < -0.4 is 20.1 Å². The van der Waals surface area contributed by atoms with E-state index in [1.54, 1.807) is 6.07 Å². The van der Waals surface area contributed by atoms with Gasteiger partial charge in [0.05, 0.1) is 22.4 Å². The SMILES string of the molecule is CC(C)Oc1ccc(S(N)(=O)=O)cc1Nc1nc(-c2ccc(N3CCN(C(C)C)CC3)nc2)cs1. The van der Waals surface area contributed by atoms with Crippen LogP contribution in [0.4, 0.5) is 16.6 Å². The molecule has 3 N–H and O–H groups in total. The van der Waals surface area contributed by atoms with Gasteiger partial charge in [0, 0.05) is 49.4 Å². The molecule has 1 aromatic carbocycles. The molecule has 2 aromatic heterocycles. The van der Waals surface area contributed by atoms with Gasteiger partial charge in [0.1, 0.15) is 11.6 Å². The lowest BCUT2D eigenvalue weighted by Gasteiger charge is -2.37. The van der Waals surface area contributed by atoms with Crippen LogP contribution in [-0.2, 0) is 10.0 Å². The van der Waals surface area contributed by atoms with Gasteiger partial charge in [-0.3, -0.25) is 4.90 Å². The smallest absolute Gasteiger partial charge is 0.238 e. The zero-order valence-electron chi connectivity index (χ0n) is 20.4. The standard InChI is InChI=1S/C24H32N6O3S2/c1-16(2)29-9-11-30(12-10-29)23-8-5-18(14-26-23)21-15-34-24(28-21)27-20-13-19(35(25,31)32)6-7-22(20)33-17(3)4/h5-8,13-17H,9-12H2,1-4H3,(H,27,28)(H2,25,31,32). The van der Waals surface area contributed by atoms with E-state index in [1.807, 2.05) is 37.6 Å². The van der Waals surface area contributed by atoms with Gasteiger partial charge in [-0.05, 0) is 58.0 Å². The van der Waals surface area contributed by atoms with Crippen LogP contribution in [-0.4, -0.2) is 61.6 Å². The fourth-order valence-corrected chi connectivity index (χ4v) is 5.18. The first-order valence-electron chi connectivity index (χ1n) is 11.6. The Bertz CT molecular complexity index is 1250. The number of pyridine rings is 1. The summed E-state index contributed by atoms with van der Waals surface area (Å²) in [5.74, 6) is 1.49. The minimum atomic E-state index is -3.85. The van der Waals surface area contributed by atoms with Crippen molar-refractivity contribution in [1.82, 2.24) is 14.9 Å². The molecule has 0 unspecified atom stereocenters. The summed E-state index contributed by atoms with van der Waals surface area (Å²) >= 11 is 1.41. The number of piperazine rings is 1. The molecule has 0 amide bonds. The fraction of sp³-hybridized carbons (Fsp3) is 0.417. The highest BCUT2D eigenvalue weighted by Gasteiger charge is 2.20. The van der Waals surface area contributed by atoms with E-state index in [1.165, 1.54) is 23.5 Å². The van der Waals surface area contributed by atoms with Crippen molar-refractivity contribution in [3.8, 4) is 17.0 Å². The summed E-state index contributed by atoms with van der Waals surface area (Å²) in [5, 5.41) is 11.0. The number of thiazole rings is 1. The molecule has 11 heteroatoms. The molecular formula is C24H32N6O3S2. The van der Waals surface area contributed by atoms with E-state index in [2.05, 4.69) is 38.9 Å². The zero-order chi connectivity index (χ0) is 25.2. The molecule has 1 fully saturated rings. The molecule has 1 aliphatic rings. The molecule has 0 saturated carbocycles. The normalized spacial score (nSPS) is 15.1. The minimum Gasteiger partial charge on any atom is -0.489 e. The van der Waals surface area contributed by atoms with Crippen LogP contribution in [0.15, 0.2) is 46.8 Å². The van der Waals surface area contributed by atoms with Gasteiger partial charge in [-0.1, -0.05) is 0 Å². The Labute approximate surface area is 211 Å². The van der Waals surface area contributed by atoms with Gasteiger partial charge >= 0.3 is 0 Å². The van der Waals surface area contributed by atoms with Crippen LogP contribution in [0.25, 0.3) is 11.3 Å². The molecular weight excluding hydrogens is 484 g/mol. The van der Waals surface area contributed by atoms with Crippen molar-refractivity contribution in [3.05, 3.63) is 41.9 Å².